The number of hydrogen-bond acceptors (Lipinski definition) is 5. The number of benzene rings is 2. The zero-order chi connectivity index (χ0) is 19.8. The van der Waals surface area contributed by atoms with Gasteiger partial charge in [0.1, 0.15) is 5.52 Å². The molecule has 1 amide bonds. The molecule has 0 atom stereocenters. The first kappa shape index (κ1) is 18.7. The average molecular weight is 412 g/mol. The molecule has 0 saturated carbocycles. The molecule has 142 valence electrons. The maximum atomic E-state index is 12.2. The zero-order valence-corrected chi connectivity index (χ0v) is 17.2. The molecule has 0 aliphatic rings. The van der Waals surface area contributed by atoms with Gasteiger partial charge in [-0.15, -0.1) is 10.2 Å². The summed E-state index contributed by atoms with van der Waals surface area (Å²) in [7, 11) is 0. The summed E-state index contributed by atoms with van der Waals surface area (Å²) in [6, 6.07) is 9.61. The summed E-state index contributed by atoms with van der Waals surface area (Å²) in [6.07, 6.45) is 0. The van der Waals surface area contributed by atoms with Crippen molar-refractivity contribution in [2.24, 2.45) is 0 Å². The summed E-state index contributed by atoms with van der Waals surface area (Å²) in [5.74, 6) is 0.0218. The van der Waals surface area contributed by atoms with Gasteiger partial charge in [0.2, 0.25) is 11.1 Å². The van der Waals surface area contributed by atoms with Crippen LogP contribution < -0.4 is 5.32 Å². The summed E-state index contributed by atoms with van der Waals surface area (Å²) in [5.41, 5.74) is 6.36. The Morgan fingerprint density at radius 3 is 2.75 bits per heavy atom. The van der Waals surface area contributed by atoms with Gasteiger partial charge in [-0.25, -0.2) is 4.98 Å². The third-order valence-corrected chi connectivity index (χ3v) is 5.68. The molecule has 0 fully saturated rings. The van der Waals surface area contributed by atoms with Crippen molar-refractivity contribution in [2.75, 3.05) is 11.1 Å². The van der Waals surface area contributed by atoms with E-state index >= 15 is 0 Å². The molecule has 0 bridgehead atoms. The van der Waals surface area contributed by atoms with Gasteiger partial charge in [0.25, 0.3) is 0 Å². The van der Waals surface area contributed by atoms with Gasteiger partial charge in [0.15, 0.2) is 5.65 Å². The lowest BCUT2D eigenvalue weighted by Crippen LogP contribution is -2.14. The van der Waals surface area contributed by atoms with Crippen molar-refractivity contribution < 1.29 is 4.79 Å². The second-order valence-electron chi connectivity index (χ2n) is 6.72. The van der Waals surface area contributed by atoms with Gasteiger partial charge in [-0.1, -0.05) is 41.1 Å². The summed E-state index contributed by atoms with van der Waals surface area (Å²) in [4.78, 5) is 20.0. The Morgan fingerprint density at radius 2 is 1.96 bits per heavy atom. The maximum Gasteiger partial charge on any atom is 0.234 e. The van der Waals surface area contributed by atoms with E-state index in [4.69, 9.17) is 11.6 Å². The van der Waals surface area contributed by atoms with Gasteiger partial charge in [-0.05, 0) is 50.1 Å². The lowest BCUT2D eigenvalue weighted by atomic mass is 10.1. The van der Waals surface area contributed by atoms with E-state index in [2.05, 4.69) is 51.5 Å². The standard InChI is InChI=1S/C20H18ClN5OS/c1-10-6-12(3)17-14(7-10)18-19(23-17)24-20(26-25-18)28-9-16(27)22-13-5-4-11(2)15(21)8-13/h4-8H,9H2,1-3H3,(H,22,27)(H,23,24,26). The SMILES string of the molecule is Cc1cc(C)c2[nH]c3nc(SCC(=O)Nc4ccc(C)c(Cl)c4)nnc3c2c1. The quantitative estimate of drug-likeness (QED) is 0.470. The van der Waals surface area contributed by atoms with Crippen LogP contribution in [-0.4, -0.2) is 31.8 Å². The Balaban J connectivity index is 1.50. The molecule has 0 spiro atoms. The van der Waals surface area contributed by atoms with Crippen molar-refractivity contribution in [2.45, 2.75) is 25.9 Å². The summed E-state index contributed by atoms with van der Waals surface area (Å²) in [6.45, 7) is 6.02. The Labute approximate surface area is 171 Å². The smallest absolute Gasteiger partial charge is 0.234 e. The van der Waals surface area contributed by atoms with Gasteiger partial charge < -0.3 is 10.3 Å². The number of hydrogen-bond donors (Lipinski definition) is 2. The molecule has 4 rings (SSSR count). The van der Waals surface area contributed by atoms with Crippen LogP contribution in [0.25, 0.3) is 22.1 Å². The second kappa shape index (κ2) is 7.41. The molecule has 0 aliphatic carbocycles. The molecule has 2 aromatic carbocycles. The number of carbonyl (C=O) groups excluding carboxylic acids is 1. The van der Waals surface area contributed by atoms with Crippen LogP contribution in [0.5, 0.6) is 0 Å². The topological polar surface area (TPSA) is 83.6 Å². The van der Waals surface area contributed by atoms with Gasteiger partial charge >= 0.3 is 0 Å². The Morgan fingerprint density at radius 1 is 1.14 bits per heavy atom. The highest BCUT2D eigenvalue weighted by Gasteiger charge is 2.13. The van der Waals surface area contributed by atoms with Crippen LogP contribution >= 0.6 is 23.4 Å². The van der Waals surface area contributed by atoms with E-state index in [-0.39, 0.29) is 11.7 Å². The molecule has 6 nitrogen and oxygen atoms in total. The van der Waals surface area contributed by atoms with Gasteiger partial charge in [-0.3, -0.25) is 4.79 Å². The number of H-pyrrole nitrogens is 1. The van der Waals surface area contributed by atoms with Gasteiger partial charge in [-0.2, -0.15) is 0 Å². The number of rotatable bonds is 4. The first-order valence-electron chi connectivity index (χ1n) is 8.73. The van der Waals surface area contributed by atoms with Crippen LogP contribution in [0, 0.1) is 20.8 Å². The van der Waals surface area contributed by atoms with E-state index in [1.807, 2.05) is 19.1 Å². The highest BCUT2D eigenvalue weighted by atomic mass is 35.5. The van der Waals surface area contributed by atoms with Crippen molar-refractivity contribution in [3.8, 4) is 0 Å². The Hall–Kier alpha value is -2.64. The number of thioether (sulfide) groups is 1. The molecule has 0 radical (unpaired) electrons. The summed E-state index contributed by atoms with van der Waals surface area (Å²) >= 11 is 7.33. The van der Waals surface area contributed by atoms with Crippen molar-refractivity contribution in [3.63, 3.8) is 0 Å². The van der Waals surface area contributed by atoms with Crippen LogP contribution in [0.1, 0.15) is 16.7 Å². The molecular formula is C20H18ClN5OS. The molecule has 0 unspecified atom stereocenters. The molecule has 4 aromatic rings. The lowest BCUT2D eigenvalue weighted by molar-refractivity contribution is -0.113. The van der Waals surface area contributed by atoms with Crippen molar-refractivity contribution in [3.05, 3.63) is 52.0 Å². The highest BCUT2D eigenvalue weighted by Crippen LogP contribution is 2.27. The fourth-order valence-corrected chi connectivity index (χ4v) is 3.84. The largest absolute Gasteiger partial charge is 0.337 e. The maximum absolute atomic E-state index is 12.2. The number of halogens is 1. The number of amides is 1. The van der Waals surface area contributed by atoms with E-state index < -0.39 is 0 Å². The molecule has 2 aromatic heterocycles. The molecule has 28 heavy (non-hydrogen) atoms. The van der Waals surface area contributed by atoms with Crippen LogP contribution in [0.3, 0.4) is 0 Å². The number of carbonyl (C=O) groups is 1. The molecular weight excluding hydrogens is 394 g/mol. The van der Waals surface area contributed by atoms with E-state index in [0.29, 0.717) is 21.5 Å². The fraction of sp³-hybridized carbons (Fsp3) is 0.200. The number of nitrogens with one attached hydrogen (secondary N) is 2. The molecule has 0 aliphatic heterocycles. The zero-order valence-electron chi connectivity index (χ0n) is 15.6. The number of nitrogens with zero attached hydrogens (tertiary/aromatic N) is 3. The van der Waals surface area contributed by atoms with Gasteiger partial charge in [0.05, 0.1) is 11.3 Å². The third-order valence-electron chi connectivity index (χ3n) is 4.43. The first-order chi connectivity index (χ1) is 13.4. The van der Waals surface area contributed by atoms with E-state index in [1.165, 1.54) is 17.3 Å². The Bertz CT molecular complexity index is 1220. The van der Waals surface area contributed by atoms with E-state index in [0.717, 1.165) is 27.5 Å². The Kier molecular flexibility index (Phi) is 4.95. The predicted molar refractivity (Wildman–Crippen MR) is 114 cm³/mol. The minimum absolute atomic E-state index is 0.156. The van der Waals surface area contributed by atoms with Gasteiger partial charge in [0, 0.05) is 16.1 Å². The van der Waals surface area contributed by atoms with Crippen molar-refractivity contribution in [1.29, 1.82) is 0 Å². The van der Waals surface area contributed by atoms with Crippen LogP contribution in [0.4, 0.5) is 5.69 Å². The predicted octanol–water partition coefficient (Wildman–Crippen LogP) is 4.82. The van der Waals surface area contributed by atoms with Crippen LogP contribution in [0.2, 0.25) is 5.02 Å². The average Bonchev–Trinajstić information content (AvgIpc) is 3.01. The number of aryl methyl sites for hydroxylation is 3. The number of aromatic amines is 1. The molecule has 8 heteroatoms. The molecule has 2 N–H and O–H groups in total. The van der Waals surface area contributed by atoms with Crippen LogP contribution in [-0.2, 0) is 4.79 Å². The van der Waals surface area contributed by atoms with Crippen molar-refractivity contribution >= 4 is 57.0 Å². The third kappa shape index (κ3) is 3.68. The molecule has 0 saturated heterocycles. The fourth-order valence-electron chi connectivity index (χ4n) is 3.08. The number of anilines is 1. The number of aromatic nitrogens is 4. The number of fused-ring (bicyclic) bond motifs is 3. The summed E-state index contributed by atoms with van der Waals surface area (Å²) in [5, 5.41) is 13.4. The van der Waals surface area contributed by atoms with Crippen molar-refractivity contribution in [1.82, 2.24) is 20.2 Å². The van der Waals surface area contributed by atoms with E-state index in [1.54, 1.807) is 6.07 Å². The normalized spacial score (nSPS) is 11.3. The first-order valence-corrected chi connectivity index (χ1v) is 10.1. The monoisotopic (exact) mass is 411 g/mol. The van der Waals surface area contributed by atoms with E-state index in [9.17, 15) is 4.79 Å². The van der Waals surface area contributed by atoms with Crippen LogP contribution in [0.15, 0.2) is 35.5 Å². The minimum Gasteiger partial charge on any atom is -0.337 e. The molecule has 2 heterocycles. The lowest BCUT2D eigenvalue weighted by Gasteiger charge is -2.06. The minimum atomic E-state index is -0.156. The summed E-state index contributed by atoms with van der Waals surface area (Å²) < 4.78 is 0. The highest BCUT2D eigenvalue weighted by molar-refractivity contribution is 7.99. The second-order valence-corrected chi connectivity index (χ2v) is 8.07.